The van der Waals surface area contributed by atoms with Crippen LogP contribution in [-0.4, -0.2) is 36.4 Å². The number of piperazine rings is 1. The molecule has 0 atom stereocenters. The molecule has 0 spiro atoms. The van der Waals surface area contributed by atoms with Crippen LogP contribution in [0.25, 0.3) is 22.0 Å². The van der Waals surface area contributed by atoms with Crippen molar-refractivity contribution in [3.8, 4) is 11.3 Å². The fourth-order valence-electron chi connectivity index (χ4n) is 4.88. The van der Waals surface area contributed by atoms with E-state index in [0.717, 1.165) is 37.7 Å². The predicted octanol–water partition coefficient (Wildman–Crippen LogP) is 5.55. The van der Waals surface area contributed by atoms with E-state index in [1.54, 1.807) is 0 Å². The maximum absolute atomic E-state index is 4.78. The molecule has 1 saturated heterocycles. The SMILES string of the molecule is Cc1cc(C)c(-c2nnc(N3CCN(c4ccccc4)CC3)c3ccccc23)c(C)c1. The largest absolute Gasteiger partial charge is 0.368 e. The first kappa shape index (κ1) is 19.6. The first-order valence-corrected chi connectivity index (χ1v) is 11.0. The number of benzene rings is 3. The summed E-state index contributed by atoms with van der Waals surface area (Å²) in [6, 6.07) is 23.7. The van der Waals surface area contributed by atoms with Crippen LogP contribution in [0, 0.1) is 20.8 Å². The lowest BCUT2D eigenvalue weighted by Gasteiger charge is -2.37. The first-order valence-electron chi connectivity index (χ1n) is 11.0. The van der Waals surface area contributed by atoms with Crippen molar-refractivity contribution in [2.24, 2.45) is 0 Å². The third-order valence-electron chi connectivity index (χ3n) is 6.28. The molecule has 1 aromatic heterocycles. The van der Waals surface area contributed by atoms with E-state index in [1.165, 1.54) is 38.7 Å². The van der Waals surface area contributed by atoms with Crippen LogP contribution in [0.4, 0.5) is 11.5 Å². The Morgan fingerprint density at radius 2 is 1.23 bits per heavy atom. The maximum atomic E-state index is 4.78. The Bertz CT molecular complexity index is 1200. The van der Waals surface area contributed by atoms with Gasteiger partial charge in [0.2, 0.25) is 0 Å². The van der Waals surface area contributed by atoms with Crippen molar-refractivity contribution in [1.29, 1.82) is 0 Å². The standard InChI is InChI=1S/C27H28N4/c1-19-17-20(2)25(21(3)18-19)26-23-11-7-8-12-24(23)27(29-28-26)31-15-13-30(14-16-31)22-9-5-4-6-10-22/h4-12,17-18H,13-16H2,1-3H3. The Morgan fingerprint density at radius 1 is 0.645 bits per heavy atom. The molecule has 0 bridgehead atoms. The van der Waals surface area contributed by atoms with Crippen LogP contribution in [0.2, 0.25) is 0 Å². The number of nitrogens with zero attached hydrogens (tertiary/aromatic N) is 4. The minimum Gasteiger partial charge on any atom is -0.368 e. The van der Waals surface area contributed by atoms with Crippen molar-refractivity contribution in [1.82, 2.24) is 10.2 Å². The molecule has 0 amide bonds. The number of fused-ring (bicyclic) bond motifs is 1. The highest BCUT2D eigenvalue weighted by molar-refractivity contribution is 6.01. The molecule has 5 rings (SSSR count). The van der Waals surface area contributed by atoms with Crippen LogP contribution in [0.1, 0.15) is 16.7 Å². The number of hydrogen-bond acceptors (Lipinski definition) is 4. The maximum Gasteiger partial charge on any atom is 0.159 e. The van der Waals surface area contributed by atoms with Gasteiger partial charge in [-0.2, -0.15) is 0 Å². The van der Waals surface area contributed by atoms with Crippen LogP contribution in [0.3, 0.4) is 0 Å². The summed E-state index contributed by atoms with van der Waals surface area (Å²) in [4.78, 5) is 4.83. The highest BCUT2D eigenvalue weighted by atomic mass is 15.3. The van der Waals surface area contributed by atoms with Gasteiger partial charge >= 0.3 is 0 Å². The molecule has 4 heteroatoms. The highest BCUT2D eigenvalue weighted by Crippen LogP contribution is 2.35. The molecular formula is C27H28N4. The predicted molar refractivity (Wildman–Crippen MR) is 130 cm³/mol. The molecule has 2 heterocycles. The molecule has 3 aromatic carbocycles. The summed E-state index contributed by atoms with van der Waals surface area (Å²) in [5.74, 6) is 0.995. The Labute approximate surface area is 184 Å². The average Bonchev–Trinajstić information content (AvgIpc) is 2.79. The minimum absolute atomic E-state index is 0.940. The van der Waals surface area contributed by atoms with Crippen LogP contribution >= 0.6 is 0 Å². The lowest BCUT2D eigenvalue weighted by atomic mass is 9.94. The molecule has 1 fully saturated rings. The number of para-hydroxylation sites is 1. The van der Waals surface area contributed by atoms with Crippen LogP contribution in [0.5, 0.6) is 0 Å². The zero-order chi connectivity index (χ0) is 21.4. The van der Waals surface area contributed by atoms with E-state index in [-0.39, 0.29) is 0 Å². The summed E-state index contributed by atoms with van der Waals surface area (Å²) >= 11 is 0. The topological polar surface area (TPSA) is 32.3 Å². The normalized spacial score (nSPS) is 14.3. The van der Waals surface area contributed by atoms with E-state index in [0.29, 0.717) is 0 Å². The first-order chi connectivity index (χ1) is 15.1. The van der Waals surface area contributed by atoms with Gasteiger partial charge in [-0.05, 0) is 44.0 Å². The molecular weight excluding hydrogens is 380 g/mol. The van der Waals surface area contributed by atoms with Crippen molar-refractivity contribution in [2.75, 3.05) is 36.0 Å². The summed E-state index contributed by atoms with van der Waals surface area (Å²) in [5, 5.41) is 11.9. The van der Waals surface area contributed by atoms with E-state index in [9.17, 15) is 0 Å². The molecule has 4 nitrogen and oxygen atoms in total. The van der Waals surface area contributed by atoms with Crippen molar-refractivity contribution in [3.05, 3.63) is 83.4 Å². The van der Waals surface area contributed by atoms with Crippen molar-refractivity contribution < 1.29 is 0 Å². The number of aromatic nitrogens is 2. The van der Waals surface area contributed by atoms with E-state index in [4.69, 9.17) is 10.2 Å². The Morgan fingerprint density at radius 3 is 1.90 bits per heavy atom. The van der Waals surface area contributed by atoms with Crippen molar-refractivity contribution in [3.63, 3.8) is 0 Å². The summed E-state index contributed by atoms with van der Waals surface area (Å²) < 4.78 is 0. The second-order valence-corrected chi connectivity index (χ2v) is 8.50. The second kappa shape index (κ2) is 8.03. The van der Waals surface area contributed by atoms with Gasteiger partial charge in [0, 0.05) is 48.2 Å². The van der Waals surface area contributed by atoms with E-state index >= 15 is 0 Å². The van der Waals surface area contributed by atoms with Gasteiger partial charge in [-0.1, -0.05) is 60.2 Å². The number of rotatable bonds is 3. The van der Waals surface area contributed by atoms with Gasteiger partial charge in [0.25, 0.3) is 0 Å². The fraction of sp³-hybridized carbons (Fsp3) is 0.259. The zero-order valence-corrected chi connectivity index (χ0v) is 18.5. The molecule has 0 radical (unpaired) electrons. The Hall–Kier alpha value is -3.40. The van der Waals surface area contributed by atoms with Gasteiger partial charge in [-0.3, -0.25) is 0 Å². The summed E-state index contributed by atoms with van der Waals surface area (Å²) in [6.07, 6.45) is 0. The van der Waals surface area contributed by atoms with Crippen molar-refractivity contribution in [2.45, 2.75) is 20.8 Å². The van der Waals surface area contributed by atoms with Crippen LogP contribution < -0.4 is 9.80 Å². The molecule has 0 N–H and O–H groups in total. The van der Waals surface area contributed by atoms with Gasteiger partial charge in [-0.15, -0.1) is 10.2 Å². The van der Waals surface area contributed by atoms with Gasteiger partial charge < -0.3 is 9.80 Å². The van der Waals surface area contributed by atoms with E-state index < -0.39 is 0 Å². The number of aryl methyl sites for hydroxylation is 3. The Balaban J connectivity index is 1.51. The molecule has 1 aliphatic heterocycles. The molecule has 156 valence electrons. The van der Waals surface area contributed by atoms with Crippen LogP contribution in [0.15, 0.2) is 66.7 Å². The highest BCUT2D eigenvalue weighted by Gasteiger charge is 2.22. The summed E-state index contributed by atoms with van der Waals surface area (Å²) in [5.41, 5.74) is 7.26. The number of anilines is 2. The third kappa shape index (κ3) is 3.63. The second-order valence-electron chi connectivity index (χ2n) is 8.50. The summed E-state index contributed by atoms with van der Waals surface area (Å²) in [7, 11) is 0. The van der Waals surface area contributed by atoms with Gasteiger partial charge in [0.05, 0.1) is 0 Å². The lowest BCUT2D eigenvalue weighted by molar-refractivity contribution is 0.646. The minimum atomic E-state index is 0.940. The molecule has 31 heavy (non-hydrogen) atoms. The molecule has 1 aliphatic rings. The molecule has 0 saturated carbocycles. The van der Waals surface area contributed by atoms with Crippen molar-refractivity contribution >= 4 is 22.3 Å². The Kier molecular flexibility index (Phi) is 5.06. The van der Waals surface area contributed by atoms with Crippen LogP contribution in [-0.2, 0) is 0 Å². The van der Waals surface area contributed by atoms with Gasteiger partial charge in [-0.25, -0.2) is 0 Å². The quantitative estimate of drug-likeness (QED) is 0.445. The monoisotopic (exact) mass is 408 g/mol. The summed E-state index contributed by atoms with van der Waals surface area (Å²) in [6.45, 7) is 10.3. The molecule has 0 unspecified atom stereocenters. The van der Waals surface area contributed by atoms with E-state index in [1.807, 2.05) is 0 Å². The van der Waals surface area contributed by atoms with Gasteiger partial charge in [0.1, 0.15) is 5.69 Å². The third-order valence-corrected chi connectivity index (χ3v) is 6.28. The lowest BCUT2D eigenvalue weighted by Crippen LogP contribution is -2.47. The fourth-order valence-corrected chi connectivity index (χ4v) is 4.88. The molecule has 4 aromatic rings. The average molecular weight is 409 g/mol. The molecule has 0 aliphatic carbocycles. The smallest absolute Gasteiger partial charge is 0.159 e. The van der Waals surface area contributed by atoms with Gasteiger partial charge in [0.15, 0.2) is 5.82 Å². The van der Waals surface area contributed by atoms with E-state index in [2.05, 4.69) is 97.3 Å². The zero-order valence-electron chi connectivity index (χ0n) is 18.5. The number of hydrogen-bond donors (Lipinski definition) is 0.